The van der Waals surface area contributed by atoms with Crippen LogP contribution in [0.1, 0.15) is 274 Å². The molecule has 1 saturated heterocycles. The summed E-state index contributed by atoms with van der Waals surface area (Å²) in [7, 11) is 0. The first kappa shape index (κ1) is 74.3. The van der Waals surface area contributed by atoms with Gasteiger partial charge in [0.1, 0.15) is 12.4 Å². The molecule has 4 aliphatic rings. The fourth-order valence-corrected chi connectivity index (χ4v) is 11.3. The predicted octanol–water partition coefficient (Wildman–Crippen LogP) is 22.5. The maximum absolute atomic E-state index is 12.4. The van der Waals surface area contributed by atoms with Crippen LogP contribution in [-0.2, 0) is 25.7 Å². The zero-order valence-corrected chi connectivity index (χ0v) is 57.5. The number of thioether (sulfide) groups is 1. The molecule has 2 aromatic rings. The average molecular weight is 1200 g/mol. The molecule has 0 bridgehead atoms. The number of nitrogens with one attached hydrogen (secondary N) is 1. The summed E-state index contributed by atoms with van der Waals surface area (Å²) in [6, 6.07) is 14.7. The van der Waals surface area contributed by atoms with Gasteiger partial charge in [0.05, 0.1) is 24.9 Å². The topological polar surface area (TPSA) is 69.3 Å². The maximum Gasteiger partial charge on any atom is 0.167 e. The van der Waals surface area contributed by atoms with E-state index in [1.54, 1.807) is 5.17 Å². The fraction of sp³-hybridized carbons (Fsp3) is 0.681. The zero-order chi connectivity index (χ0) is 60.7. The molecular weight excluding hydrogens is 1080 g/mol. The van der Waals surface area contributed by atoms with Gasteiger partial charge in [-0.25, -0.2) is 0 Å². The smallest absolute Gasteiger partial charge is 0.167 e. The molecule has 2 aromatic carbocycles. The van der Waals surface area contributed by atoms with Crippen LogP contribution in [0.5, 0.6) is 0 Å². The standard InChI is InChI=1S/C23H38N2O2S.C21H34O2.C15H21BrO.C7H14.C6H12/c1-9-15-26-25(24-27-23(6,7)8)16-20-11-13-21(14-12-20)22(18(3)4)28-17-19(5)10-2;1-15-6-4-7-18(10-9-15)20-12-16(2)17(3)13-21(20)23-14-19-8-5-11-22-19;1-5-10(3)12-8-7-9-13(16)14(12)15(17)11(4)6-2;1-5-7(4)6(2)3;1-6-4-2-3-5-6/h11-14,17,24H,9-10,15-16H2,1-8H3;12,15,17-19H,4-11,13-14H2,1-3H3;7-11H,5-6H2,1-4H3;7H,2,5H2,1,3-4H3;6H,2-5H2,1H3/b19-17+;;;;. The SMILES string of the molecule is C=C(C)C(C)CC.CC1=CC(C2CCCC(C)CC2)=C(OCC2CCCO2)CC1C.CC1CCCC1.CCC(C)C(=O)c1c(Br)cccc1C(C)CC.CCCON(Cc1ccc(C(S/C=C(\C)CC)=C(C)C)cc1)NOC(C)(C)C. The highest BCUT2D eigenvalue weighted by atomic mass is 79.9. The Bertz CT molecular complexity index is 2220. The van der Waals surface area contributed by atoms with Gasteiger partial charge in [0.25, 0.3) is 0 Å². The van der Waals surface area contributed by atoms with Crippen molar-refractivity contribution >= 4 is 38.4 Å². The lowest BCUT2D eigenvalue weighted by atomic mass is 9.81. The molecule has 9 heteroatoms. The van der Waals surface area contributed by atoms with Gasteiger partial charge in [-0.05, 0) is 182 Å². The van der Waals surface area contributed by atoms with Crippen molar-refractivity contribution in [1.29, 1.82) is 0 Å². The summed E-state index contributed by atoms with van der Waals surface area (Å²) in [6.45, 7) is 47.7. The minimum absolute atomic E-state index is 0.0940. The molecule has 1 N–H and O–H groups in total. The van der Waals surface area contributed by atoms with Gasteiger partial charge in [-0.15, -0.1) is 5.59 Å². The van der Waals surface area contributed by atoms with E-state index in [1.165, 1.54) is 120 Å². The molecule has 0 spiro atoms. The number of allylic oxidation sites excluding steroid dienone is 7. The molecule has 0 amide bonds. The molecule has 1 aliphatic heterocycles. The van der Waals surface area contributed by atoms with Gasteiger partial charge in [0.15, 0.2) is 5.78 Å². The number of hydrogen-bond acceptors (Lipinski definition) is 8. The van der Waals surface area contributed by atoms with E-state index < -0.39 is 0 Å². The summed E-state index contributed by atoms with van der Waals surface area (Å²) in [5.41, 5.74) is 14.2. The summed E-state index contributed by atoms with van der Waals surface area (Å²) < 4.78 is 13.0. The van der Waals surface area contributed by atoms with E-state index in [0.717, 1.165) is 79.2 Å². The number of carbonyl (C=O) groups is 1. The number of halogens is 1. The molecule has 7 nitrogen and oxygen atoms in total. The molecule has 1 heterocycles. The van der Waals surface area contributed by atoms with Gasteiger partial charge >= 0.3 is 0 Å². The highest BCUT2D eigenvalue weighted by molar-refractivity contribution is 9.10. The van der Waals surface area contributed by atoms with Crippen molar-refractivity contribution in [1.82, 2.24) is 10.8 Å². The first-order valence-electron chi connectivity index (χ1n) is 32.0. The number of ketones is 1. The molecule has 7 unspecified atom stereocenters. The predicted molar refractivity (Wildman–Crippen MR) is 356 cm³/mol. The van der Waals surface area contributed by atoms with Gasteiger partial charge < -0.3 is 9.47 Å². The van der Waals surface area contributed by atoms with Crippen molar-refractivity contribution in [2.45, 2.75) is 265 Å². The number of rotatable bonds is 22. The van der Waals surface area contributed by atoms with E-state index in [2.05, 4.69) is 174 Å². The van der Waals surface area contributed by atoms with Gasteiger partial charge in [-0.1, -0.05) is 225 Å². The number of benzene rings is 2. The third-order valence-corrected chi connectivity index (χ3v) is 18.6. The minimum Gasteiger partial charge on any atom is -0.495 e. The van der Waals surface area contributed by atoms with E-state index in [9.17, 15) is 4.79 Å². The van der Waals surface area contributed by atoms with Crippen LogP contribution in [0.2, 0.25) is 0 Å². The zero-order valence-electron chi connectivity index (χ0n) is 55.1. The van der Waals surface area contributed by atoms with Crippen LogP contribution in [0.4, 0.5) is 0 Å². The van der Waals surface area contributed by atoms with Crippen molar-refractivity contribution < 1.29 is 23.9 Å². The van der Waals surface area contributed by atoms with Crippen molar-refractivity contribution in [3.63, 3.8) is 0 Å². The third kappa shape index (κ3) is 29.3. The molecule has 6 rings (SSSR count). The highest BCUT2D eigenvalue weighted by Gasteiger charge is 2.28. The molecule has 3 aliphatic carbocycles. The van der Waals surface area contributed by atoms with Gasteiger partial charge in [0.2, 0.25) is 0 Å². The normalized spacial score (nSPS) is 20.6. The summed E-state index contributed by atoms with van der Waals surface area (Å²) in [5, 5.41) is 3.91. The van der Waals surface area contributed by atoms with Crippen molar-refractivity contribution in [2.75, 3.05) is 19.8 Å². The number of hydrogen-bond donors (Lipinski definition) is 1. The molecule has 0 aromatic heterocycles. The molecular formula is C72H119BrN2O5S. The van der Waals surface area contributed by atoms with Gasteiger partial charge in [-0.3, -0.25) is 14.5 Å². The number of Topliss-reactive ketones (excluding diaryl/α,β-unsaturated/α-hetero) is 1. The average Bonchev–Trinajstić information content (AvgIpc) is 4.16. The lowest BCUT2D eigenvalue weighted by Crippen LogP contribution is -2.42. The number of hydrazine groups is 1. The Hall–Kier alpha value is -2.76. The van der Waals surface area contributed by atoms with E-state index in [-0.39, 0.29) is 17.3 Å². The second kappa shape index (κ2) is 40.5. The van der Waals surface area contributed by atoms with E-state index >= 15 is 0 Å². The van der Waals surface area contributed by atoms with Crippen LogP contribution in [0.3, 0.4) is 0 Å². The monoisotopic (exact) mass is 1200 g/mol. The summed E-state index contributed by atoms with van der Waals surface area (Å²) >= 11 is 5.33. The van der Waals surface area contributed by atoms with Crippen molar-refractivity contribution in [2.24, 2.45) is 35.5 Å². The Morgan fingerprint density at radius 2 is 1.48 bits per heavy atom. The van der Waals surface area contributed by atoms with Crippen LogP contribution >= 0.6 is 27.7 Å². The quantitative estimate of drug-likeness (QED) is 0.0541. The Labute approximate surface area is 511 Å². The first-order chi connectivity index (χ1) is 38.4. The number of carbonyl (C=O) groups excluding carboxylic acids is 1. The molecule has 7 atom stereocenters. The number of ether oxygens (including phenoxy) is 2. The Morgan fingerprint density at radius 3 is 2.00 bits per heavy atom. The lowest BCUT2D eigenvalue weighted by molar-refractivity contribution is -0.301. The van der Waals surface area contributed by atoms with Crippen molar-refractivity contribution in [3.8, 4) is 0 Å². The second-order valence-corrected chi connectivity index (χ2v) is 27.2. The third-order valence-electron chi connectivity index (χ3n) is 16.6. The summed E-state index contributed by atoms with van der Waals surface area (Å²) in [5.74, 6) is 6.03. The van der Waals surface area contributed by atoms with Crippen LogP contribution in [0, 0.1) is 35.5 Å². The lowest BCUT2D eigenvalue weighted by Gasteiger charge is -2.29. The van der Waals surface area contributed by atoms with Crippen LogP contribution in [0.15, 0.2) is 98.6 Å². The van der Waals surface area contributed by atoms with Gasteiger partial charge in [0, 0.05) is 33.9 Å². The van der Waals surface area contributed by atoms with Crippen LogP contribution in [-0.4, -0.2) is 42.5 Å². The largest absolute Gasteiger partial charge is 0.495 e. The summed E-state index contributed by atoms with van der Waals surface area (Å²) in [6.07, 6.45) is 24.2. The van der Waals surface area contributed by atoms with E-state index in [0.29, 0.717) is 42.9 Å². The molecule has 81 heavy (non-hydrogen) atoms. The molecule has 2 saturated carbocycles. The molecule has 3 fully saturated rings. The molecule has 0 radical (unpaired) electrons. The van der Waals surface area contributed by atoms with E-state index in [1.807, 2.05) is 51.6 Å². The Balaban J connectivity index is 0.000000379. The van der Waals surface area contributed by atoms with Crippen molar-refractivity contribution in [3.05, 3.63) is 121 Å². The van der Waals surface area contributed by atoms with Crippen LogP contribution < -0.4 is 5.59 Å². The first-order valence-corrected chi connectivity index (χ1v) is 33.6. The number of nitrogens with zero attached hydrogens (tertiary/aromatic N) is 1. The van der Waals surface area contributed by atoms with Crippen LogP contribution in [0.25, 0.3) is 4.91 Å². The van der Waals surface area contributed by atoms with Gasteiger partial charge in [-0.2, -0.15) is 0 Å². The fourth-order valence-electron chi connectivity index (χ4n) is 9.76. The Morgan fingerprint density at radius 1 is 0.840 bits per heavy atom. The minimum atomic E-state index is -0.294. The Kier molecular flexibility index (Phi) is 37.2. The number of hydroxylamine groups is 1. The highest BCUT2D eigenvalue weighted by Crippen LogP contribution is 2.40. The van der Waals surface area contributed by atoms with E-state index in [4.69, 9.17) is 19.1 Å². The molecule has 460 valence electrons. The maximum atomic E-state index is 12.4. The summed E-state index contributed by atoms with van der Waals surface area (Å²) in [4.78, 5) is 25.1. The second-order valence-electron chi connectivity index (χ2n) is 25.5.